The van der Waals surface area contributed by atoms with Gasteiger partial charge >= 0.3 is 0 Å². The zero-order valence-corrected chi connectivity index (χ0v) is 35.5. The summed E-state index contributed by atoms with van der Waals surface area (Å²) in [6, 6.07) is 20.9. The van der Waals surface area contributed by atoms with E-state index in [1.807, 2.05) is 44.2 Å². The van der Waals surface area contributed by atoms with E-state index in [-0.39, 0.29) is 41.4 Å². The first kappa shape index (κ1) is 42.9. The first-order chi connectivity index (χ1) is 30.1. The molecule has 3 aliphatic rings. The molecule has 2 aromatic heterocycles. The number of ether oxygens (including phenoxy) is 2. The Bertz CT molecular complexity index is 2350. The molecule has 326 valence electrons. The first-order valence-electron chi connectivity index (χ1n) is 21.8. The number of hydrogen-bond donors (Lipinski definition) is 4. The van der Waals surface area contributed by atoms with Crippen molar-refractivity contribution >= 4 is 28.8 Å². The van der Waals surface area contributed by atoms with Crippen molar-refractivity contribution in [2.45, 2.75) is 70.7 Å². The Kier molecular flexibility index (Phi) is 13.8. The molecule has 14 nitrogen and oxygen atoms in total. The Labute approximate surface area is 361 Å². The molecule has 0 bridgehead atoms. The van der Waals surface area contributed by atoms with Gasteiger partial charge in [0.15, 0.2) is 0 Å². The standard InChI is InChI=1S/C47H56FN9O5/c1-31(2)52-43(58)29-56-17-15-55(16-18-56)27-32-9-14-39(34(23-32)28-57-19-21-61-22-20-57)33-5-3-6-38(24-33)62-47-41(25-35(48)26-49-47)46(60)54-37-12-10-36(11-13-37)53-45(59)40-7-4-8-42-44(40)51-30-50-42/h3-9,14,23-26,30-31,36-37H,10-13,15-22,27-29H2,1-2H3,(H,50,51)(H,52,58)(H,53,59)(H,54,60)/t36-,37-. The zero-order chi connectivity index (χ0) is 43.0. The van der Waals surface area contributed by atoms with E-state index in [0.717, 1.165) is 81.3 Å². The summed E-state index contributed by atoms with van der Waals surface area (Å²) in [5, 5.41) is 9.18. The van der Waals surface area contributed by atoms with Crippen LogP contribution in [0.15, 0.2) is 79.3 Å². The number of piperazine rings is 1. The van der Waals surface area contributed by atoms with E-state index in [1.54, 1.807) is 18.5 Å². The van der Waals surface area contributed by atoms with Crippen LogP contribution in [-0.2, 0) is 22.6 Å². The molecule has 2 aliphatic heterocycles. The average molecular weight is 846 g/mol. The number of carbonyl (C=O) groups excluding carboxylic acids is 3. The molecule has 3 amide bonds. The van der Waals surface area contributed by atoms with Gasteiger partial charge in [-0.1, -0.05) is 36.4 Å². The molecule has 0 unspecified atom stereocenters. The van der Waals surface area contributed by atoms with E-state index in [1.165, 1.54) is 11.1 Å². The van der Waals surface area contributed by atoms with E-state index in [9.17, 15) is 18.8 Å². The van der Waals surface area contributed by atoms with Crippen molar-refractivity contribution in [2.75, 3.05) is 59.0 Å². The molecule has 62 heavy (non-hydrogen) atoms. The van der Waals surface area contributed by atoms with E-state index in [2.05, 4.69) is 63.8 Å². The van der Waals surface area contributed by atoms with Crippen LogP contribution in [0.5, 0.6) is 11.6 Å². The van der Waals surface area contributed by atoms with E-state index in [0.29, 0.717) is 62.3 Å². The number of carbonyl (C=O) groups is 3. The van der Waals surface area contributed by atoms with Gasteiger partial charge in [-0.05, 0) is 92.1 Å². The van der Waals surface area contributed by atoms with Crippen molar-refractivity contribution in [3.63, 3.8) is 0 Å². The monoisotopic (exact) mass is 845 g/mol. The van der Waals surface area contributed by atoms with Gasteiger partial charge < -0.3 is 30.4 Å². The second-order valence-corrected chi connectivity index (χ2v) is 16.9. The van der Waals surface area contributed by atoms with Gasteiger partial charge in [-0.2, -0.15) is 0 Å². The maximum absolute atomic E-state index is 14.6. The zero-order valence-electron chi connectivity index (χ0n) is 35.5. The second-order valence-electron chi connectivity index (χ2n) is 16.9. The summed E-state index contributed by atoms with van der Waals surface area (Å²) in [4.78, 5) is 57.8. The Morgan fingerprint density at radius 3 is 2.24 bits per heavy atom. The average Bonchev–Trinajstić information content (AvgIpc) is 3.76. The molecule has 1 aliphatic carbocycles. The van der Waals surface area contributed by atoms with Gasteiger partial charge in [0, 0.05) is 70.5 Å². The highest BCUT2D eigenvalue weighted by Gasteiger charge is 2.27. The lowest BCUT2D eigenvalue weighted by Gasteiger charge is -2.34. The third-order valence-electron chi connectivity index (χ3n) is 11.9. The molecule has 3 fully saturated rings. The Hall–Kier alpha value is -5.74. The predicted octanol–water partition coefficient (Wildman–Crippen LogP) is 5.50. The van der Waals surface area contributed by atoms with Gasteiger partial charge in [-0.25, -0.2) is 14.4 Å². The minimum absolute atomic E-state index is 0.00921. The summed E-state index contributed by atoms with van der Waals surface area (Å²) in [5.74, 6) is -0.732. The maximum atomic E-state index is 14.6. The van der Waals surface area contributed by atoms with Gasteiger partial charge in [-0.3, -0.25) is 29.1 Å². The van der Waals surface area contributed by atoms with E-state index in [4.69, 9.17) is 9.47 Å². The number of nitrogens with one attached hydrogen (secondary N) is 4. The summed E-state index contributed by atoms with van der Waals surface area (Å²) in [6.07, 6.45) is 5.27. The number of pyridine rings is 1. The third kappa shape index (κ3) is 11.0. The number of amides is 3. The van der Waals surface area contributed by atoms with Crippen LogP contribution in [0.25, 0.3) is 22.2 Å². The molecule has 8 rings (SSSR count). The number of imidazole rings is 1. The molecule has 3 aromatic carbocycles. The lowest BCUT2D eigenvalue weighted by atomic mass is 9.90. The van der Waals surface area contributed by atoms with Gasteiger partial charge in [0.2, 0.25) is 11.8 Å². The number of para-hydroxylation sites is 1. The van der Waals surface area contributed by atoms with Crippen molar-refractivity contribution < 1.29 is 28.2 Å². The Balaban J connectivity index is 0.914. The van der Waals surface area contributed by atoms with Crippen LogP contribution >= 0.6 is 0 Å². The fraction of sp³-hybridized carbons (Fsp3) is 0.426. The summed E-state index contributed by atoms with van der Waals surface area (Å²) in [7, 11) is 0. The van der Waals surface area contributed by atoms with E-state index < -0.39 is 11.7 Å². The highest BCUT2D eigenvalue weighted by Crippen LogP contribution is 2.32. The molecule has 2 saturated heterocycles. The molecule has 15 heteroatoms. The van der Waals surface area contributed by atoms with Crippen LogP contribution in [0, 0.1) is 5.82 Å². The number of hydrogen-bond acceptors (Lipinski definition) is 10. The molecule has 4 N–H and O–H groups in total. The fourth-order valence-corrected chi connectivity index (χ4v) is 8.66. The van der Waals surface area contributed by atoms with Crippen molar-refractivity contribution in [1.29, 1.82) is 0 Å². The van der Waals surface area contributed by atoms with Gasteiger partial charge in [0.25, 0.3) is 11.8 Å². The molecule has 0 atom stereocenters. The number of fused-ring (bicyclic) bond motifs is 1. The number of rotatable bonds is 14. The van der Waals surface area contributed by atoms with Gasteiger partial charge in [0.05, 0.1) is 43.4 Å². The molecule has 4 heterocycles. The number of H-pyrrole nitrogens is 1. The summed E-state index contributed by atoms with van der Waals surface area (Å²) in [6.45, 7) is 12.5. The molecular formula is C47H56FN9O5. The van der Waals surface area contributed by atoms with Crippen molar-refractivity contribution in [3.8, 4) is 22.8 Å². The Morgan fingerprint density at radius 1 is 0.806 bits per heavy atom. The summed E-state index contributed by atoms with van der Waals surface area (Å²) >= 11 is 0. The van der Waals surface area contributed by atoms with Crippen molar-refractivity contribution in [2.24, 2.45) is 0 Å². The number of aromatic amines is 1. The summed E-state index contributed by atoms with van der Waals surface area (Å²) < 4.78 is 26.6. The van der Waals surface area contributed by atoms with Crippen LogP contribution in [0.2, 0.25) is 0 Å². The number of benzene rings is 3. The Morgan fingerprint density at radius 2 is 1.50 bits per heavy atom. The molecule has 0 spiro atoms. The van der Waals surface area contributed by atoms with Gasteiger partial charge in [-0.15, -0.1) is 0 Å². The largest absolute Gasteiger partial charge is 0.438 e. The minimum atomic E-state index is -0.640. The highest BCUT2D eigenvalue weighted by atomic mass is 19.1. The van der Waals surface area contributed by atoms with Crippen LogP contribution < -0.4 is 20.7 Å². The SMILES string of the molecule is CC(C)NC(=O)CN1CCN(Cc2ccc(-c3cccc(Oc4ncc(F)cc4C(=O)N[C@H]4CC[C@H](NC(=O)c5cccc6[nH]cnc56)CC4)c3)c(CN3CCOCC3)c2)CC1. The normalized spacial score (nSPS) is 19.0. The van der Waals surface area contributed by atoms with E-state index >= 15 is 0 Å². The van der Waals surface area contributed by atoms with Crippen LogP contribution in [0.4, 0.5) is 4.39 Å². The molecule has 1 saturated carbocycles. The van der Waals surface area contributed by atoms with Crippen LogP contribution in [0.3, 0.4) is 0 Å². The fourth-order valence-electron chi connectivity index (χ4n) is 8.66. The minimum Gasteiger partial charge on any atom is -0.438 e. The smallest absolute Gasteiger partial charge is 0.257 e. The lowest BCUT2D eigenvalue weighted by Crippen LogP contribution is -2.49. The third-order valence-corrected chi connectivity index (χ3v) is 11.9. The maximum Gasteiger partial charge on any atom is 0.257 e. The van der Waals surface area contributed by atoms with Gasteiger partial charge in [0.1, 0.15) is 22.6 Å². The molecular weight excluding hydrogens is 790 g/mol. The number of morpholine rings is 1. The second kappa shape index (κ2) is 20.0. The summed E-state index contributed by atoms with van der Waals surface area (Å²) in [5.41, 5.74) is 6.39. The lowest BCUT2D eigenvalue weighted by molar-refractivity contribution is -0.123. The van der Waals surface area contributed by atoms with Crippen molar-refractivity contribution in [1.82, 2.24) is 45.6 Å². The number of nitrogens with zero attached hydrogens (tertiary/aromatic N) is 5. The predicted molar refractivity (Wildman–Crippen MR) is 234 cm³/mol. The first-order valence-corrected chi connectivity index (χ1v) is 21.8. The van der Waals surface area contributed by atoms with Crippen molar-refractivity contribution in [3.05, 3.63) is 107 Å². The van der Waals surface area contributed by atoms with Crippen LogP contribution in [-0.4, -0.2) is 125 Å². The quantitative estimate of drug-likeness (QED) is 0.113. The topological polar surface area (TPSA) is 157 Å². The molecule has 0 radical (unpaired) electrons. The highest BCUT2D eigenvalue weighted by molar-refractivity contribution is 6.04. The molecule has 5 aromatic rings. The number of aromatic nitrogens is 3. The van der Waals surface area contributed by atoms with Crippen LogP contribution in [0.1, 0.15) is 71.4 Å². The number of halogens is 1.